The topological polar surface area (TPSA) is 39.1 Å². The average Bonchev–Trinajstić information content (AvgIpc) is 2.80. The van der Waals surface area contributed by atoms with E-state index in [1.165, 1.54) is 6.42 Å². The minimum Gasteiger partial charge on any atom is -0.354 e. The number of amidine groups is 1. The maximum atomic E-state index is 12.7. The van der Waals surface area contributed by atoms with Gasteiger partial charge in [-0.3, -0.25) is 9.69 Å². The van der Waals surface area contributed by atoms with Gasteiger partial charge in [0.2, 0.25) is 0 Å². The van der Waals surface area contributed by atoms with Crippen molar-refractivity contribution in [1.82, 2.24) is 14.7 Å². The predicted molar refractivity (Wildman–Crippen MR) is 130 cm³/mol. The number of para-hydroxylation sites is 1. The molecule has 2 aromatic rings. The van der Waals surface area contributed by atoms with E-state index >= 15 is 0 Å². The molecule has 1 fully saturated rings. The van der Waals surface area contributed by atoms with Crippen LogP contribution in [0, 0.1) is 0 Å². The summed E-state index contributed by atoms with van der Waals surface area (Å²) in [4.78, 5) is 24.3. The normalized spacial score (nSPS) is 15.2. The summed E-state index contributed by atoms with van der Waals surface area (Å²) in [5.74, 6) is 0.973. The van der Waals surface area contributed by atoms with Crippen molar-refractivity contribution in [3.63, 3.8) is 0 Å². The van der Waals surface area contributed by atoms with E-state index in [2.05, 4.69) is 16.7 Å². The molecule has 31 heavy (non-hydrogen) atoms. The highest BCUT2D eigenvalue weighted by Gasteiger charge is 2.21. The van der Waals surface area contributed by atoms with Gasteiger partial charge in [0.1, 0.15) is 5.84 Å². The van der Waals surface area contributed by atoms with Gasteiger partial charge in [-0.25, -0.2) is 4.99 Å². The third-order valence-corrected chi connectivity index (χ3v) is 6.05. The molecule has 5 nitrogen and oxygen atoms in total. The summed E-state index contributed by atoms with van der Waals surface area (Å²) in [6.07, 6.45) is 1.17. The molecule has 0 aromatic heterocycles. The first kappa shape index (κ1) is 23.3. The lowest BCUT2D eigenvalue weighted by atomic mass is 10.1. The molecule has 1 saturated heterocycles. The molecule has 0 aliphatic carbocycles. The van der Waals surface area contributed by atoms with Gasteiger partial charge in [0, 0.05) is 50.4 Å². The summed E-state index contributed by atoms with van der Waals surface area (Å²) in [6, 6.07) is 15.5. The summed E-state index contributed by atoms with van der Waals surface area (Å²) in [6.45, 7) is 12.7. The van der Waals surface area contributed by atoms with Gasteiger partial charge in [0.05, 0.1) is 10.7 Å². The van der Waals surface area contributed by atoms with Gasteiger partial charge in [-0.05, 0) is 51.1 Å². The number of benzene rings is 2. The van der Waals surface area contributed by atoms with Gasteiger partial charge in [0.25, 0.3) is 5.91 Å². The molecule has 0 radical (unpaired) electrons. The van der Waals surface area contributed by atoms with Crippen LogP contribution in [0.3, 0.4) is 0 Å². The number of carbonyl (C=O) groups is 1. The Balaban J connectivity index is 1.90. The molecule has 1 aliphatic rings. The summed E-state index contributed by atoms with van der Waals surface area (Å²) in [7, 11) is 0. The fourth-order valence-electron chi connectivity index (χ4n) is 3.93. The third kappa shape index (κ3) is 5.86. The number of rotatable bonds is 7. The Kier molecular flexibility index (Phi) is 8.50. The molecule has 166 valence electrons. The summed E-state index contributed by atoms with van der Waals surface area (Å²) < 4.78 is 0. The summed E-state index contributed by atoms with van der Waals surface area (Å²) in [5, 5.41) is 0.637. The van der Waals surface area contributed by atoms with E-state index in [0.717, 1.165) is 49.8 Å². The molecular formula is C25H33ClN4O. The van der Waals surface area contributed by atoms with E-state index in [4.69, 9.17) is 16.6 Å². The van der Waals surface area contributed by atoms with Gasteiger partial charge in [-0.2, -0.15) is 0 Å². The second kappa shape index (κ2) is 11.3. The number of nitrogens with zero attached hydrogens (tertiary/aromatic N) is 4. The second-order valence-electron chi connectivity index (χ2n) is 7.77. The van der Waals surface area contributed by atoms with Crippen LogP contribution in [0.2, 0.25) is 5.02 Å². The zero-order chi connectivity index (χ0) is 22.2. The maximum Gasteiger partial charge on any atom is 0.253 e. The molecule has 6 heteroatoms. The molecule has 2 aromatic carbocycles. The van der Waals surface area contributed by atoms with Crippen LogP contribution in [0.5, 0.6) is 0 Å². The monoisotopic (exact) mass is 440 g/mol. The molecule has 0 bridgehead atoms. The van der Waals surface area contributed by atoms with Gasteiger partial charge in [0.15, 0.2) is 0 Å². The van der Waals surface area contributed by atoms with Crippen LogP contribution in [-0.2, 0) is 0 Å². The molecule has 0 saturated carbocycles. The highest BCUT2D eigenvalue weighted by atomic mass is 35.5. The predicted octanol–water partition coefficient (Wildman–Crippen LogP) is 4.93. The van der Waals surface area contributed by atoms with Crippen molar-refractivity contribution in [2.45, 2.75) is 27.2 Å². The Morgan fingerprint density at radius 1 is 0.935 bits per heavy atom. The number of carbonyl (C=O) groups excluding carboxylic acids is 1. The second-order valence-corrected chi connectivity index (χ2v) is 8.18. The van der Waals surface area contributed by atoms with Crippen molar-refractivity contribution in [3.05, 3.63) is 64.7 Å². The zero-order valence-corrected chi connectivity index (χ0v) is 19.6. The van der Waals surface area contributed by atoms with Crippen LogP contribution in [-0.4, -0.2) is 72.3 Å². The van der Waals surface area contributed by atoms with E-state index < -0.39 is 0 Å². The largest absolute Gasteiger partial charge is 0.354 e. The minimum atomic E-state index is 0.0642. The van der Waals surface area contributed by atoms with E-state index in [0.29, 0.717) is 23.7 Å². The quantitative estimate of drug-likeness (QED) is 0.452. The van der Waals surface area contributed by atoms with Crippen LogP contribution in [0.1, 0.15) is 43.1 Å². The molecule has 0 spiro atoms. The van der Waals surface area contributed by atoms with Gasteiger partial charge in [-0.1, -0.05) is 42.8 Å². The Morgan fingerprint density at radius 2 is 1.55 bits per heavy atom. The smallest absolute Gasteiger partial charge is 0.253 e. The van der Waals surface area contributed by atoms with Crippen LogP contribution < -0.4 is 0 Å². The number of amides is 1. The molecule has 1 amide bonds. The van der Waals surface area contributed by atoms with E-state index in [9.17, 15) is 4.79 Å². The van der Waals surface area contributed by atoms with Crippen molar-refractivity contribution in [3.8, 4) is 0 Å². The van der Waals surface area contributed by atoms with Crippen LogP contribution >= 0.6 is 11.6 Å². The van der Waals surface area contributed by atoms with Gasteiger partial charge < -0.3 is 9.80 Å². The van der Waals surface area contributed by atoms with Crippen molar-refractivity contribution < 1.29 is 4.79 Å². The number of piperazine rings is 1. The Labute approximate surface area is 191 Å². The molecule has 3 rings (SSSR count). The zero-order valence-electron chi connectivity index (χ0n) is 18.9. The van der Waals surface area contributed by atoms with Gasteiger partial charge >= 0.3 is 0 Å². The number of halogens is 1. The Bertz CT molecular complexity index is 885. The van der Waals surface area contributed by atoms with Crippen LogP contribution in [0.25, 0.3) is 0 Å². The SMILES string of the molecule is CCCN1CCN(/C(=N\c2ccccc2Cl)c2ccc(C(=O)N(CC)CC)cc2)CC1. The highest BCUT2D eigenvalue weighted by Crippen LogP contribution is 2.26. The fraction of sp³-hybridized carbons (Fsp3) is 0.440. The number of hydrogen-bond donors (Lipinski definition) is 0. The van der Waals surface area contributed by atoms with E-state index in [1.54, 1.807) is 0 Å². The lowest BCUT2D eigenvalue weighted by Gasteiger charge is -2.36. The molecule has 1 aliphatic heterocycles. The average molecular weight is 441 g/mol. The molecule has 0 unspecified atom stereocenters. The Hall–Kier alpha value is -2.37. The van der Waals surface area contributed by atoms with Crippen molar-refractivity contribution in [2.24, 2.45) is 4.99 Å². The summed E-state index contributed by atoms with van der Waals surface area (Å²) >= 11 is 6.41. The molecule has 0 N–H and O–H groups in total. The van der Waals surface area contributed by atoms with Crippen LogP contribution in [0.4, 0.5) is 5.69 Å². The van der Waals surface area contributed by atoms with E-state index in [-0.39, 0.29) is 5.91 Å². The van der Waals surface area contributed by atoms with Crippen molar-refractivity contribution in [2.75, 3.05) is 45.8 Å². The highest BCUT2D eigenvalue weighted by molar-refractivity contribution is 6.33. The molecular weight excluding hydrogens is 408 g/mol. The van der Waals surface area contributed by atoms with Gasteiger partial charge in [-0.15, -0.1) is 0 Å². The molecule has 1 heterocycles. The lowest BCUT2D eigenvalue weighted by Crippen LogP contribution is -2.49. The number of aliphatic imine (C=N–C) groups is 1. The van der Waals surface area contributed by atoms with Crippen molar-refractivity contribution >= 4 is 29.0 Å². The summed E-state index contributed by atoms with van der Waals surface area (Å²) in [5.41, 5.74) is 2.47. The van der Waals surface area contributed by atoms with Crippen molar-refractivity contribution in [1.29, 1.82) is 0 Å². The van der Waals surface area contributed by atoms with Crippen LogP contribution in [0.15, 0.2) is 53.5 Å². The lowest BCUT2D eigenvalue weighted by molar-refractivity contribution is 0.0773. The first-order valence-electron chi connectivity index (χ1n) is 11.3. The standard InChI is InChI=1S/C25H33ClN4O/c1-4-15-28-16-18-30(19-17-28)24(27-23-10-8-7-9-22(23)26)20-11-13-21(14-12-20)25(31)29(5-2)6-3/h7-14H,4-6,15-19H2,1-3H3/b27-24-. The number of hydrogen-bond acceptors (Lipinski definition) is 3. The fourth-order valence-corrected chi connectivity index (χ4v) is 4.11. The third-order valence-electron chi connectivity index (χ3n) is 5.73. The minimum absolute atomic E-state index is 0.0642. The molecule has 0 atom stereocenters. The maximum absolute atomic E-state index is 12.7. The first-order valence-corrected chi connectivity index (χ1v) is 11.6. The Morgan fingerprint density at radius 3 is 2.13 bits per heavy atom. The first-order chi connectivity index (χ1) is 15.1. The van der Waals surface area contributed by atoms with E-state index in [1.807, 2.05) is 67.3 Å².